The van der Waals surface area contributed by atoms with Gasteiger partial charge in [0.1, 0.15) is 11.3 Å². The lowest BCUT2D eigenvalue weighted by Gasteiger charge is -1.99. The summed E-state index contributed by atoms with van der Waals surface area (Å²) in [6.07, 6.45) is 0. The zero-order chi connectivity index (χ0) is 12.7. The van der Waals surface area contributed by atoms with Gasteiger partial charge < -0.3 is 15.3 Å². The molecule has 2 heterocycles. The van der Waals surface area contributed by atoms with Crippen molar-refractivity contribution in [1.29, 1.82) is 0 Å². The first-order valence-corrected chi connectivity index (χ1v) is 5.81. The predicted octanol–water partition coefficient (Wildman–Crippen LogP) is 1.60. The van der Waals surface area contributed by atoms with Gasteiger partial charge in [0.05, 0.1) is 5.56 Å². The summed E-state index contributed by atoms with van der Waals surface area (Å²) in [6, 6.07) is 6.19. The van der Waals surface area contributed by atoms with Crippen LogP contribution in [-0.2, 0) is 0 Å². The van der Waals surface area contributed by atoms with Crippen molar-refractivity contribution in [2.45, 2.75) is 0 Å². The first kappa shape index (κ1) is 10.7. The quantitative estimate of drug-likeness (QED) is 0.645. The highest BCUT2D eigenvalue weighted by atomic mass is 32.1. The molecule has 0 saturated carbocycles. The number of nitrogens with two attached hydrogens (primary N) is 1. The van der Waals surface area contributed by atoms with E-state index >= 15 is 0 Å². The number of nitrogens with zero attached hydrogens (tertiary/aromatic N) is 2. The lowest BCUT2D eigenvalue weighted by Crippen LogP contribution is -2.02. The van der Waals surface area contributed by atoms with E-state index in [1.54, 1.807) is 12.1 Å². The molecule has 6 nitrogen and oxygen atoms in total. The van der Waals surface area contributed by atoms with Gasteiger partial charge in [0, 0.05) is 11.5 Å². The minimum Gasteiger partial charge on any atom is -0.508 e. The monoisotopic (exact) mass is 261 g/mol. The smallest absolute Gasteiger partial charge is 0.346 e. The Morgan fingerprint density at radius 2 is 2.11 bits per heavy atom. The Morgan fingerprint density at radius 3 is 2.83 bits per heavy atom. The van der Waals surface area contributed by atoms with E-state index in [2.05, 4.69) is 10.2 Å². The van der Waals surface area contributed by atoms with Gasteiger partial charge in [-0.25, -0.2) is 4.79 Å². The molecule has 18 heavy (non-hydrogen) atoms. The van der Waals surface area contributed by atoms with Crippen LogP contribution >= 0.6 is 11.3 Å². The molecule has 2 aromatic heterocycles. The Morgan fingerprint density at radius 1 is 1.28 bits per heavy atom. The summed E-state index contributed by atoms with van der Waals surface area (Å²) < 4.78 is 5.12. The van der Waals surface area contributed by atoms with E-state index in [0.717, 1.165) is 11.3 Å². The molecule has 0 atom stereocenters. The van der Waals surface area contributed by atoms with Gasteiger partial charge in [-0.3, -0.25) is 0 Å². The average Bonchev–Trinajstić information content (AvgIpc) is 2.74. The molecule has 3 aromatic rings. The highest BCUT2D eigenvalue weighted by molar-refractivity contribution is 7.18. The highest BCUT2D eigenvalue weighted by Gasteiger charge is 2.12. The number of phenolic OH excluding ortho intramolecular Hbond substituents is 1. The summed E-state index contributed by atoms with van der Waals surface area (Å²) in [4.78, 5) is 11.8. The molecule has 0 fully saturated rings. The van der Waals surface area contributed by atoms with Gasteiger partial charge in [-0.05, 0) is 18.2 Å². The van der Waals surface area contributed by atoms with Crippen molar-refractivity contribution in [3.63, 3.8) is 0 Å². The second kappa shape index (κ2) is 3.81. The summed E-state index contributed by atoms with van der Waals surface area (Å²) in [5, 5.41) is 18.2. The van der Waals surface area contributed by atoms with Crippen LogP contribution in [0, 0.1) is 0 Å². The number of anilines is 1. The number of hydrogen-bond acceptors (Lipinski definition) is 7. The molecule has 90 valence electrons. The number of aromatic nitrogens is 2. The maximum atomic E-state index is 11.8. The van der Waals surface area contributed by atoms with E-state index in [0.29, 0.717) is 21.5 Å². The fourth-order valence-electron chi connectivity index (χ4n) is 1.59. The highest BCUT2D eigenvalue weighted by Crippen LogP contribution is 2.26. The molecule has 7 heteroatoms. The van der Waals surface area contributed by atoms with Crippen molar-refractivity contribution >= 4 is 27.4 Å². The fourth-order valence-corrected chi connectivity index (χ4v) is 2.21. The summed E-state index contributed by atoms with van der Waals surface area (Å²) >= 11 is 1.11. The number of fused-ring (bicyclic) bond motifs is 1. The topological polar surface area (TPSA) is 102 Å². The number of hydrogen-bond donors (Lipinski definition) is 2. The first-order chi connectivity index (χ1) is 8.63. The summed E-state index contributed by atoms with van der Waals surface area (Å²) in [5.74, 6) is 0.0403. The Kier molecular flexibility index (Phi) is 2.27. The molecule has 0 bridgehead atoms. The second-order valence-electron chi connectivity index (χ2n) is 3.62. The van der Waals surface area contributed by atoms with Crippen LogP contribution in [0.4, 0.5) is 5.13 Å². The van der Waals surface area contributed by atoms with E-state index in [9.17, 15) is 9.90 Å². The number of nitrogen functional groups attached to an aromatic ring is 1. The van der Waals surface area contributed by atoms with Gasteiger partial charge in [0.2, 0.25) is 5.13 Å². The molecule has 0 unspecified atom stereocenters. The molecule has 0 amide bonds. The second-order valence-corrected chi connectivity index (χ2v) is 4.62. The number of phenols is 1. The Bertz CT molecular complexity index is 794. The molecule has 3 N–H and O–H groups in total. The van der Waals surface area contributed by atoms with E-state index in [4.69, 9.17) is 10.2 Å². The van der Waals surface area contributed by atoms with Gasteiger partial charge in [0.25, 0.3) is 0 Å². The van der Waals surface area contributed by atoms with Crippen molar-refractivity contribution in [3.05, 3.63) is 34.7 Å². The van der Waals surface area contributed by atoms with Gasteiger partial charge >= 0.3 is 5.63 Å². The van der Waals surface area contributed by atoms with Crippen LogP contribution in [0.5, 0.6) is 5.75 Å². The average molecular weight is 261 g/mol. The van der Waals surface area contributed by atoms with E-state index in [1.807, 2.05) is 0 Å². The molecule has 1 aromatic carbocycles. The van der Waals surface area contributed by atoms with Crippen molar-refractivity contribution < 1.29 is 9.52 Å². The normalized spacial score (nSPS) is 10.9. The van der Waals surface area contributed by atoms with Crippen molar-refractivity contribution in [3.8, 4) is 16.3 Å². The summed E-state index contributed by atoms with van der Waals surface area (Å²) in [7, 11) is 0. The molecule has 0 saturated heterocycles. The molecule has 0 radical (unpaired) electrons. The zero-order valence-corrected chi connectivity index (χ0v) is 9.77. The van der Waals surface area contributed by atoms with Crippen LogP contribution in [0.15, 0.2) is 33.5 Å². The molecule has 0 aliphatic carbocycles. The van der Waals surface area contributed by atoms with Gasteiger partial charge in [-0.2, -0.15) is 0 Å². The van der Waals surface area contributed by atoms with Crippen LogP contribution in [-0.4, -0.2) is 15.3 Å². The molecular formula is C11H7N3O3S. The number of rotatable bonds is 1. The number of aromatic hydroxyl groups is 1. The Balaban J connectivity index is 2.28. The Labute approximate surface area is 104 Å². The van der Waals surface area contributed by atoms with E-state index in [1.165, 1.54) is 12.1 Å². The largest absolute Gasteiger partial charge is 0.508 e. The third-order valence-corrected chi connectivity index (χ3v) is 3.18. The first-order valence-electron chi connectivity index (χ1n) is 5.00. The minimum absolute atomic E-state index is 0.0403. The summed E-state index contributed by atoms with van der Waals surface area (Å²) in [6.45, 7) is 0. The van der Waals surface area contributed by atoms with Crippen LogP contribution in [0.1, 0.15) is 0 Å². The molecule has 0 aliphatic heterocycles. The van der Waals surface area contributed by atoms with Crippen LogP contribution in [0.25, 0.3) is 21.5 Å². The third-order valence-electron chi connectivity index (χ3n) is 2.39. The summed E-state index contributed by atoms with van der Waals surface area (Å²) in [5.41, 5.74) is 5.57. The molecule has 0 spiro atoms. The van der Waals surface area contributed by atoms with Crippen LogP contribution in [0.3, 0.4) is 0 Å². The van der Waals surface area contributed by atoms with E-state index in [-0.39, 0.29) is 10.9 Å². The van der Waals surface area contributed by atoms with Gasteiger partial charge in [0.15, 0.2) is 5.01 Å². The molecule has 0 aliphatic rings. The minimum atomic E-state index is -0.538. The van der Waals surface area contributed by atoms with Crippen LogP contribution < -0.4 is 11.4 Å². The number of benzene rings is 1. The SMILES string of the molecule is Nc1nnc(-c2cc3ccc(O)cc3oc2=O)s1. The standard InChI is InChI=1S/C11H7N3O3S/c12-11-14-13-9(18-11)7-3-5-1-2-6(15)4-8(5)17-10(7)16/h1-4,15H,(H2,12,14). The van der Waals surface area contributed by atoms with Gasteiger partial charge in [-0.15, -0.1) is 10.2 Å². The third kappa shape index (κ3) is 1.70. The fraction of sp³-hybridized carbons (Fsp3) is 0. The van der Waals surface area contributed by atoms with E-state index < -0.39 is 5.63 Å². The lowest BCUT2D eigenvalue weighted by atomic mass is 10.2. The van der Waals surface area contributed by atoms with Gasteiger partial charge in [-0.1, -0.05) is 11.3 Å². The molecular weight excluding hydrogens is 254 g/mol. The van der Waals surface area contributed by atoms with Crippen molar-refractivity contribution in [2.24, 2.45) is 0 Å². The lowest BCUT2D eigenvalue weighted by molar-refractivity contribution is 0.473. The maximum Gasteiger partial charge on any atom is 0.346 e. The zero-order valence-electron chi connectivity index (χ0n) is 8.95. The van der Waals surface area contributed by atoms with Crippen molar-refractivity contribution in [1.82, 2.24) is 10.2 Å². The predicted molar refractivity (Wildman–Crippen MR) is 67.5 cm³/mol. The van der Waals surface area contributed by atoms with Crippen LogP contribution in [0.2, 0.25) is 0 Å². The maximum absolute atomic E-state index is 11.8. The molecule has 3 rings (SSSR count). The van der Waals surface area contributed by atoms with Crippen molar-refractivity contribution in [2.75, 3.05) is 5.73 Å². The Hall–Kier alpha value is -2.41.